The minimum Gasteiger partial charge on any atom is -0.336 e. The van der Waals surface area contributed by atoms with Crippen LogP contribution in [0.5, 0.6) is 0 Å². The fourth-order valence-electron chi connectivity index (χ4n) is 2.72. The third-order valence-corrected chi connectivity index (χ3v) is 6.87. The molecule has 9 heteroatoms. The Balaban J connectivity index is 1.71. The van der Waals surface area contributed by atoms with E-state index in [1.54, 1.807) is 17.0 Å². The zero-order chi connectivity index (χ0) is 18.9. The van der Waals surface area contributed by atoms with E-state index >= 15 is 0 Å². The first kappa shape index (κ1) is 19.5. The summed E-state index contributed by atoms with van der Waals surface area (Å²) in [7, 11) is -3.62. The Labute approximate surface area is 167 Å². The van der Waals surface area contributed by atoms with E-state index in [-0.39, 0.29) is 37.0 Å². The van der Waals surface area contributed by atoms with E-state index in [9.17, 15) is 13.2 Å². The number of nitrogens with zero attached hydrogens (tertiary/aromatic N) is 2. The largest absolute Gasteiger partial charge is 0.336 e. The highest BCUT2D eigenvalue weighted by molar-refractivity contribution is 7.89. The lowest BCUT2D eigenvalue weighted by atomic mass is 10.2. The molecule has 3 rings (SSSR count). The molecule has 138 valence electrons. The van der Waals surface area contributed by atoms with Gasteiger partial charge in [-0.1, -0.05) is 34.8 Å². The van der Waals surface area contributed by atoms with Crippen molar-refractivity contribution in [3.63, 3.8) is 0 Å². The van der Waals surface area contributed by atoms with Crippen molar-refractivity contribution >= 4 is 50.7 Å². The lowest BCUT2D eigenvalue weighted by Gasteiger charge is -2.34. The van der Waals surface area contributed by atoms with Crippen LogP contribution in [0.2, 0.25) is 15.1 Å². The number of halogens is 3. The SMILES string of the molecule is O=C(c1cc(Cl)ccc1Cl)N1CCN(S(=O)(=O)c2ccc(Cl)cc2)CC1. The van der Waals surface area contributed by atoms with Gasteiger partial charge in [0.1, 0.15) is 0 Å². The zero-order valence-corrected chi connectivity index (χ0v) is 16.6. The van der Waals surface area contributed by atoms with E-state index in [4.69, 9.17) is 34.8 Å². The second-order valence-corrected chi connectivity index (χ2v) is 8.99. The standard InChI is InChI=1S/C17H15Cl3N2O3S/c18-12-1-4-14(5-2-12)26(24,25)22-9-7-21(8-10-22)17(23)15-11-13(19)3-6-16(15)20/h1-6,11H,7-10H2. The minimum atomic E-state index is -3.62. The van der Waals surface area contributed by atoms with Crippen molar-refractivity contribution in [2.75, 3.05) is 26.2 Å². The topological polar surface area (TPSA) is 57.7 Å². The second-order valence-electron chi connectivity index (χ2n) is 5.77. The molecule has 0 radical (unpaired) electrons. The minimum absolute atomic E-state index is 0.180. The average molecular weight is 434 g/mol. The van der Waals surface area contributed by atoms with Crippen LogP contribution in [-0.4, -0.2) is 49.7 Å². The van der Waals surface area contributed by atoms with Gasteiger partial charge in [0, 0.05) is 36.2 Å². The van der Waals surface area contributed by atoms with Crippen LogP contribution in [0.1, 0.15) is 10.4 Å². The highest BCUT2D eigenvalue weighted by Crippen LogP contribution is 2.24. The van der Waals surface area contributed by atoms with Gasteiger partial charge in [0.05, 0.1) is 15.5 Å². The summed E-state index contributed by atoms with van der Waals surface area (Å²) in [6.45, 7) is 0.951. The summed E-state index contributed by atoms with van der Waals surface area (Å²) in [6.07, 6.45) is 0. The molecule has 1 aliphatic rings. The predicted octanol–water partition coefficient (Wildman–Crippen LogP) is 3.79. The van der Waals surface area contributed by atoms with Crippen LogP contribution in [0.15, 0.2) is 47.4 Å². The van der Waals surface area contributed by atoms with Crippen molar-refractivity contribution in [2.45, 2.75) is 4.90 Å². The van der Waals surface area contributed by atoms with Crippen LogP contribution in [-0.2, 0) is 10.0 Å². The molecule has 1 fully saturated rings. The zero-order valence-electron chi connectivity index (χ0n) is 13.5. The molecule has 1 aliphatic heterocycles. The molecule has 1 amide bonds. The molecule has 26 heavy (non-hydrogen) atoms. The number of sulfonamides is 1. The van der Waals surface area contributed by atoms with Crippen molar-refractivity contribution < 1.29 is 13.2 Å². The predicted molar refractivity (Wildman–Crippen MR) is 103 cm³/mol. The third kappa shape index (κ3) is 4.00. The summed E-state index contributed by atoms with van der Waals surface area (Å²) in [5.41, 5.74) is 0.313. The first-order chi connectivity index (χ1) is 12.3. The number of piperazine rings is 1. The number of benzene rings is 2. The van der Waals surface area contributed by atoms with E-state index in [2.05, 4.69) is 0 Å². The van der Waals surface area contributed by atoms with Crippen LogP contribution >= 0.6 is 34.8 Å². The molecule has 0 spiro atoms. The van der Waals surface area contributed by atoms with E-state index in [0.717, 1.165) is 0 Å². The molecular formula is C17H15Cl3N2O3S. The number of carbonyl (C=O) groups is 1. The molecular weight excluding hydrogens is 419 g/mol. The summed E-state index contributed by atoms with van der Waals surface area (Å²) >= 11 is 17.8. The number of carbonyl (C=O) groups excluding carboxylic acids is 1. The van der Waals surface area contributed by atoms with Crippen LogP contribution in [0.4, 0.5) is 0 Å². The number of amides is 1. The van der Waals surface area contributed by atoms with Gasteiger partial charge in [0.2, 0.25) is 10.0 Å². The van der Waals surface area contributed by atoms with Gasteiger partial charge in [-0.2, -0.15) is 4.31 Å². The molecule has 0 atom stereocenters. The number of hydrogen-bond acceptors (Lipinski definition) is 3. The van der Waals surface area contributed by atoms with E-state index in [1.165, 1.54) is 34.6 Å². The lowest BCUT2D eigenvalue weighted by molar-refractivity contribution is 0.0698. The van der Waals surface area contributed by atoms with Crippen molar-refractivity contribution in [3.05, 3.63) is 63.1 Å². The normalized spacial score (nSPS) is 15.9. The summed E-state index contributed by atoms with van der Waals surface area (Å²) in [4.78, 5) is 14.4. The Morgan fingerprint density at radius 1 is 0.846 bits per heavy atom. The summed E-state index contributed by atoms with van der Waals surface area (Å²) in [6, 6.07) is 10.7. The van der Waals surface area contributed by atoms with Gasteiger partial charge in [-0.05, 0) is 42.5 Å². The second kappa shape index (κ2) is 7.74. The summed E-state index contributed by atoms with van der Waals surface area (Å²) in [5, 5.41) is 1.20. The molecule has 0 saturated carbocycles. The maximum Gasteiger partial charge on any atom is 0.255 e. The molecule has 0 aliphatic carbocycles. The van der Waals surface area contributed by atoms with E-state index in [0.29, 0.717) is 20.6 Å². The summed E-state index contributed by atoms with van der Waals surface area (Å²) < 4.78 is 26.7. The molecule has 5 nitrogen and oxygen atoms in total. The van der Waals surface area contributed by atoms with Gasteiger partial charge < -0.3 is 4.90 Å². The molecule has 1 heterocycles. The summed E-state index contributed by atoms with van der Waals surface area (Å²) in [5.74, 6) is -0.263. The Hall–Kier alpha value is -1.31. The van der Waals surface area contributed by atoms with Crippen LogP contribution < -0.4 is 0 Å². The number of rotatable bonds is 3. The van der Waals surface area contributed by atoms with Gasteiger partial charge in [-0.15, -0.1) is 0 Å². The van der Waals surface area contributed by atoms with E-state index in [1.807, 2.05) is 0 Å². The van der Waals surface area contributed by atoms with Crippen molar-refractivity contribution in [3.8, 4) is 0 Å². The quantitative estimate of drug-likeness (QED) is 0.740. The molecule has 0 unspecified atom stereocenters. The monoisotopic (exact) mass is 432 g/mol. The smallest absolute Gasteiger partial charge is 0.255 e. The molecule has 1 saturated heterocycles. The Morgan fingerprint density at radius 2 is 1.42 bits per heavy atom. The highest BCUT2D eigenvalue weighted by Gasteiger charge is 2.31. The van der Waals surface area contributed by atoms with Gasteiger partial charge in [-0.25, -0.2) is 8.42 Å². The molecule has 0 N–H and O–H groups in total. The third-order valence-electron chi connectivity index (χ3n) is 4.14. The van der Waals surface area contributed by atoms with E-state index < -0.39 is 10.0 Å². The molecule has 0 bridgehead atoms. The van der Waals surface area contributed by atoms with Crippen molar-refractivity contribution in [1.29, 1.82) is 0 Å². The average Bonchev–Trinajstić information content (AvgIpc) is 2.63. The van der Waals surface area contributed by atoms with Crippen LogP contribution in [0, 0.1) is 0 Å². The van der Waals surface area contributed by atoms with Gasteiger partial charge in [-0.3, -0.25) is 4.79 Å². The maximum atomic E-state index is 12.7. The van der Waals surface area contributed by atoms with Gasteiger partial charge in [0.25, 0.3) is 5.91 Å². The molecule has 2 aromatic rings. The van der Waals surface area contributed by atoms with Crippen molar-refractivity contribution in [1.82, 2.24) is 9.21 Å². The Kier molecular flexibility index (Phi) is 5.79. The Morgan fingerprint density at radius 3 is 2.04 bits per heavy atom. The van der Waals surface area contributed by atoms with Gasteiger partial charge >= 0.3 is 0 Å². The Bertz CT molecular complexity index is 925. The van der Waals surface area contributed by atoms with Gasteiger partial charge in [0.15, 0.2) is 0 Å². The molecule has 0 aromatic heterocycles. The first-order valence-electron chi connectivity index (χ1n) is 7.79. The van der Waals surface area contributed by atoms with Crippen molar-refractivity contribution in [2.24, 2.45) is 0 Å². The highest BCUT2D eigenvalue weighted by atomic mass is 35.5. The lowest BCUT2D eigenvalue weighted by Crippen LogP contribution is -2.50. The maximum absolute atomic E-state index is 12.7. The van der Waals surface area contributed by atoms with Crippen LogP contribution in [0.3, 0.4) is 0 Å². The number of hydrogen-bond donors (Lipinski definition) is 0. The molecule has 2 aromatic carbocycles. The first-order valence-corrected chi connectivity index (χ1v) is 10.4. The fraction of sp³-hybridized carbons (Fsp3) is 0.235. The fourth-order valence-corrected chi connectivity index (χ4v) is 4.64. The van der Waals surface area contributed by atoms with Crippen LogP contribution in [0.25, 0.3) is 0 Å².